The molecule has 1 aromatic carbocycles. The molecular weight excluding hydrogens is 308 g/mol. The summed E-state index contributed by atoms with van der Waals surface area (Å²) in [6, 6.07) is 7.95. The lowest BCUT2D eigenvalue weighted by molar-refractivity contribution is -0.142. The number of piperidine rings is 1. The molecule has 0 unspecified atom stereocenters. The standard InChI is InChI=1S/C18H26N2O4/c1-18(2,3)24-17(23)19-12-13-4-6-15(7-5-13)20-10-8-14(9-11-20)16(21)22/h4-7,14H,8-12H2,1-3H3,(H,19,23)(H,21,22). The summed E-state index contributed by atoms with van der Waals surface area (Å²) in [4.78, 5) is 24.8. The van der Waals surface area contributed by atoms with E-state index in [1.807, 2.05) is 45.0 Å². The van der Waals surface area contributed by atoms with Crippen LogP contribution in [0.25, 0.3) is 0 Å². The number of carbonyl (C=O) groups is 2. The number of anilines is 1. The molecule has 1 fully saturated rings. The third-order valence-electron chi connectivity index (χ3n) is 3.98. The van der Waals surface area contributed by atoms with Crippen LogP contribution in [-0.4, -0.2) is 35.9 Å². The van der Waals surface area contributed by atoms with E-state index in [-0.39, 0.29) is 5.92 Å². The van der Waals surface area contributed by atoms with E-state index in [9.17, 15) is 9.59 Å². The van der Waals surface area contributed by atoms with Crippen LogP contribution in [-0.2, 0) is 16.1 Å². The van der Waals surface area contributed by atoms with Crippen molar-refractivity contribution in [3.63, 3.8) is 0 Å². The summed E-state index contributed by atoms with van der Waals surface area (Å²) in [5.74, 6) is -0.920. The minimum atomic E-state index is -0.696. The van der Waals surface area contributed by atoms with Gasteiger partial charge in [-0.3, -0.25) is 4.79 Å². The molecule has 1 aliphatic rings. The van der Waals surface area contributed by atoms with Gasteiger partial charge in [-0.1, -0.05) is 12.1 Å². The van der Waals surface area contributed by atoms with Crippen molar-refractivity contribution in [2.45, 2.75) is 45.8 Å². The van der Waals surface area contributed by atoms with E-state index < -0.39 is 17.7 Å². The molecule has 6 heteroatoms. The molecule has 1 aliphatic heterocycles. The summed E-state index contributed by atoms with van der Waals surface area (Å²) < 4.78 is 5.20. The lowest BCUT2D eigenvalue weighted by Gasteiger charge is -2.32. The molecule has 2 N–H and O–H groups in total. The van der Waals surface area contributed by atoms with Gasteiger partial charge in [0.05, 0.1) is 5.92 Å². The normalized spacial score (nSPS) is 15.9. The summed E-state index contributed by atoms with van der Waals surface area (Å²) in [5.41, 5.74) is 1.57. The largest absolute Gasteiger partial charge is 0.481 e. The fourth-order valence-corrected chi connectivity index (χ4v) is 2.70. The Morgan fingerprint density at radius 1 is 1.21 bits per heavy atom. The van der Waals surface area contributed by atoms with Gasteiger partial charge in [-0.05, 0) is 51.3 Å². The van der Waals surface area contributed by atoms with E-state index >= 15 is 0 Å². The molecule has 0 bridgehead atoms. The fraction of sp³-hybridized carbons (Fsp3) is 0.556. The van der Waals surface area contributed by atoms with Gasteiger partial charge in [-0.25, -0.2) is 4.79 Å². The van der Waals surface area contributed by atoms with Gasteiger partial charge in [0, 0.05) is 25.3 Å². The van der Waals surface area contributed by atoms with Crippen molar-refractivity contribution in [1.29, 1.82) is 0 Å². The minimum absolute atomic E-state index is 0.224. The van der Waals surface area contributed by atoms with Gasteiger partial charge in [0.2, 0.25) is 0 Å². The third-order valence-corrected chi connectivity index (χ3v) is 3.98. The van der Waals surface area contributed by atoms with Crippen LogP contribution in [0.4, 0.5) is 10.5 Å². The lowest BCUT2D eigenvalue weighted by Crippen LogP contribution is -2.36. The number of alkyl carbamates (subject to hydrolysis) is 1. The number of carboxylic acids is 1. The SMILES string of the molecule is CC(C)(C)OC(=O)NCc1ccc(N2CCC(C(=O)O)CC2)cc1. The van der Waals surface area contributed by atoms with Crippen LogP contribution in [0, 0.1) is 5.92 Å². The first kappa shape index (κ1) is 18.1. The van der Waals surface area contributed by atoms with Gasteiger partial charge < -0.3 is 20.1 Å². The Morgan fingerprint density at radius 2 is 1.79 bits per heavy atom. The highest BCUT2D eigenvalue weighted by molar-refractivity contribution is 5.70. The number of hydrogen-bond acceptors (Lipinski definition) is 4. The van der Waals surface area contributed by atoms with E-state index in [0.717, 1.165) is 24.3 Å². The van der Waals surface area contributed by atoms with Crippen molar-refractivity contribution < 1.29 is 19.4 Å². The van der Waals surface area contributed by atoms with E-state index in [4.69, 9.17) is 9.84 Å². The number of hydrogen-bond donors (Lipinski definition) is 2. The number of ether oxygens (including phenoxy) is 1. The number of rotatable bonds is 4. The summed E-state index contributed by atoms with van der Waals surface area (Å²) in [6.45, 7) is 7.41. The number of benzene rings is 1. The predicted octanol–water partition coefficient (Wildman–Crippen LogP) is 3.01. The van der Waals surface area contributed by atoms with Crippen molar-refractivity contribution in [3.05, 3.63) is 29.8 Å². The topological polar surface area (TPSA) is 78.9 Å². The van der Waals surface area contributed by atoms with Gasteiger partial charge in [0.1, 0.15) is 5.60 Å². The smallest absolute Gasteiger partial charge is 0.407 e. The molecule has 2 rings (SSSR count). The van der Waals surface area contributed by atoms with Gasteiger partial charge in [-0.15, -0.1) is 0 Å². The first-order valence-electron chi connectivity index (χ1n) is 8.28. The maximum atomic E-state index is 11.6. The Kier molecular flexibility index (Phi) is 5.70. The van der Waals surface area contributed by atoms with Gasteiger partial charge in [0.15, 0.2) is 0 Å². The molecule has 1 aromatic rings. The molecule has 0 aromatic heterocycles. The fourth-order valence-electron chi connectivity index (χ4n) is 2.70. The molecule has 1 heterocycles. The first-order chi connectivity index (χ1) is 11.2. The van der Waals surface area contributed by atoms with Crippen molar-refractivity contribution in [2.24, 2.45) is 5.92 Å². The van der Waals surface area contributed by atoms with Crippen molar-refractivity contribution in [3.8, 4) is 0 Å². The monoisotopic (exact) mass is 334 g/mol. The lowest BCUT2D eigenvalue weighted by atomic mass is 9.96. The van der Waals surface area contributed by atoms with Crippen molar-refractivity contribution in [1.82, 2.24) is 5.32 Å². The Morgan fingerprint density at radius 3 is 2.29 bits per heavy atom. The molecule has 0 atom stereocenters. The second kappa shape index (κ2) is 7.55. The molecule has 24 heavy (non-hydrogen) atoms. The van der Waals surface area contributed by atoms with Crippen LogP contribution in [0.15, 0.2) is 24.3 Å². The molecule has 132 valence electrons. The van der Waals surface area contributed by atoms with Gasteiger partial charge in [-0.2, -0.15) is 0 Å². The van der Waals surface area contributed by atoms with E-state index in [0.29, 0.717) is 19.4 Å². The molecule has 6 nitrogen and oxygen atoms in total. The molecule has 0 spiro atoms. The Bertz CT molecular complexity index is 570. The zero-order chi connectivity index (χ0) is 17.7. The van der Waals surface area contributed by atoms with E-state index in [2.05, 4.69) is 10.2 Å². The Balaban J connectivity index is 1.83. The third kappa shape index (κ3) is 5.44. The molecule has 1 saturated heterocycles. The second-order valence-electron chi connectivity index (χ2n) is 7.12. The highest BCUT2D eigenvalue weighted by Gasteiger charge is 2.24. The number of amides is 1. The zero-order valence-corrected chi connectivity index (χ0v) is 14.5. The average Bonchev–Trinajstić information content (AvgIpc) is 2.52. The number of carboxylic acid groups (broad SMARTS) is 1. The van der Waals surface area contributed by atoms with Crippen LogP contribution in [0.3, 0.4) is 0 Å². The van der Waals surface area contributed by atoms with Crippen LogP contribution < -0.4 is 10.2 Å². The molecule has 0 radical (unpaired) electrons. The van der Waals surface area contributed by atoms with Crippen molar-refractivity contribution in [2.75, 3.05) is 18.0 Å². The number of carbonyl (C=O) groups excluding carboxylic acids is 1. The van der Waals surface area contributed by atoms with E-state index in [1.54, 1.807) is 0 Å². The molecule has 1 amide bonds. The number of nitrogens with one attached hydrogen (secondary N) is 1. The molecular formula is C18H26N2O4. The Hall–Kier alpha value is -2.24. The number of aliphatic carboxylic acids is 1. The minimum Gasteiger partial charge on any atom is -0.481 e. The van der Waals surface area contributed by atoms with Gasteiger partial charge >= 0.3 is 12.1 Å². The summed E-state index contributed by atoms with van der Waals surface area (Å²) in [6.07, 6.45) is 0.927. The van der Waals surface area contributed by atoms with Crippen LogP contribution >= 0.6 is 0 Å². The zero-order valence-electron chi connectivity index (χ0n) is 14.5. The molecule has 0 aliphatic carbocycles. The second-order valence-corrected chi connectivity index (χ2v) is 7.12. The quantitative estimate of drug-likeness (QED) is 0.885. The van der Waals surface area contributed by atoms with Crippen LogP contribution in [0.1, 0.15) is 39.2 Å². The van der Waals surface area contributed by atoms with Crippen molar-refractivity contribution >= 4 is 17.7 Å². The Labute approximate surface area is 142 Å². The first-order valence-corrected chi connectivity index (χ1v) is 8.28. The average molecular weight is 334 g/mol. The summed E-state index contributed by atoms with van der Waals surface area (Å²) in [5, 5.41) is 11.8. The van der Waals surface area contributed by atoms with Crippen LogP contribution in [0.2, 0.25) is 0 Å². The highest BCUT2D eigenvalue weighted by Crippen LogP contribution is 2.23. The summed E-state index contributed by atoms with van der Waals surface area (Å²) in [7, 11) is 0. The van der Waals surface area contributed by atoms with E-state index in [1.165, 1.54) is 0 Å². The van der Waals surface area contributed by atoms with Gasteiger partial charge in [0.25, 0.3) is 0 Å². The number of nitrogens with zero attached hydrogens (tertiary/aromatic N) is 1. The maximum absolute atomic E-state index is 11.6. The highest BCUT2D eigenvalue weighted by atomic mass is 16.6. The predicted molar refractivity (Wildman–Crippen MR) is 92.1 cm³/mol. The van der Waals surface area contributed by atoms with Crippen LogP contribution in [0.5, 0.6) is 0 Å². The maximum Gasteiger partial charge on any atom is 0.407 e. The summed E-state index contributed by atoms with van der Waals surface area (Å²) >= 11 is 0. The molecule has 0 saturated carbocycles.